The molecule has 1 unspecified atom stereocenters. The van der Waals surface area contributed by atoms with E-state index in [0.717, 1.165) is 13.1 Å². The first-order valence-electron chi connectivity index (χ1n) is 9.89. The number of methoxy groups -OCH3 is 1. The highest BCUT2D eigenvalue weighted by atomic mass is 16.5. The molecule has 1 aliphatic rings. The number of hydrogen-bond donors (Lipinski definition) is 1. The summed E-state index contributed by atoms with van der Waals surface area (Å²) in [6.45, 7) is 5.10. The van der Waals surface area contributed by atoms with Crippen molar-refractivity contribution in [3.63, 3.8) is 0 Å². The maximum Gasteiger partial charge on any atom is 0.224 e. The van der Waals surface area contributed by atoms with Crippen LogP contribution in [-0.2, 0) is 16.0 Å². The monoisotopic (exact) mass is 396 g/mol. The van der Waals surface area contributed by atoms with E-state index < -0.39 is 0 Å². The third-order valence-corrected chi connectivity index (χ3v) is 5.20. The quantitative estimate of drug-likeness (QED) is 0.695. The summed E-state index contributed by atoms with van der Waals surface area (Å²) in [5.74, 6) is 0.474. The third kappa shape index (κ3) is 5.65. The molecule has 0 bridgehead atoms. The van der Waals surface area contributed by atoms with Gasteiger partial charge in [-0.25, -0.2) is 0 Å². The molecule has 154 valence electrons. The number of Topliss-reactive ketones (excluding diaryl/α,β-unsaturated/α-hetero) is 1. The highest BCUT2D eigenvalue weighted by Gasteiger charge is 2.23. The number of ketones is 1. The predicted molar refractivity (Wildman–Crippen MR) is 111 cm³/mol. The van der Waals surface area contributed by atoms with E-state index in [1.165, 1.54) is 12.5 Å². The number of benzene rings is 2. The maximum atomic E-state index is 12.7. The Labute approximate surface area is 171 Å². The lowest BCUT2D eigenvalue weighted by molar-refractivity contribution is -0.120. The number of rotatable bonds is 8. The maximum absolute atomic E-state index is 12.7. The van der Waals surface area contributed by atoms with E-state index in [1.54, 1.807) is 25.3 Å². The van der Waals surface area contributed by atoms with Gasteiger partial charge in [0.25, 0.3) is 0 Å². The molecule has 0 aromatic heterocycles. The van der Waals surface area contributed by atoms with E-state index in [1.807, 2.05) is 18.2 Å². The Morgan fingerprint density at radius 1 is 1.14 bits per heavy atom. The topological polar surface area (TPSA) is 67.9 Å². The summed E-state index contributed by atoms with van der Waals surface area (Å²) in [6.07, 6.45) is 0.162. The molecule has 6 heteroatoms. The van der Waals surface area contributed by atoms with E-state index in [0.29, 0.717) is 36.6 Å². The summed E-state index contributed by atoms with van der Waals surface area (Å²) in [5, 5.41) is 3.07. The summed E-state index contributed by atoms with van der Waals surface area (Å²) < 4.78 is 10.8. The molecule has 6 nitrogen and oxygen atoms in total. The summed E-state index contributed by atoms with van der Waals surface area (Å²) in [5.41, 5.74) is 2.45. The summed E-state index contributed by atoms with van der Waals surface area (Å²) in [6, 6.07) is 15.5. The zero-order chi connectivity index (χ0) is 20.6. The number of morpholine rings is 1. The van der Waals surface area contributed by atoms with Gasteiger partial charge in [0.05, 0.1) is 32.8 Å². The van der Waals surface area contributed by atoms with Crippen LogP contribution in [0.1, 0.15) is 34.5 Å². The van der Waals surface area contributed by atoms with Gasteiger partial charge in [-0.2, -0.15) is 0 Å². The fourth-order valence-corrected chi connectivity index (χ4v) is 3.60. The minimum Gasteiger partial charge on any atom is -0.496 e. The van der Waals surface area contributed by atoms with Crippen LogP contribution in [-0.4, -0.2) is 56.5 Å². The van der Waals surface area contributed by atoms with E-state index in [2.05, 4.69) is 22.3 Å². The molecule has 0 saturated carbocycles. The SMILES string of the molecule is COc1ccc(C(C)=O)cc1CC(=O)NCC(c1ccccc1)N1CCOCC1. The highest BCUT2D eigenvalue weighted by molar-refractivity contribution is 5.94. The van der Waals surface area contributed by atoms with Crippen LogP contribution in [0.15, 0.2) is 48.5 Å². The molecule has 1 N–H and O–H groups in total. The molecule has 0 aliphatic carbocycles. The van der Waals surface area contributed by atoms with Gasteiger partial charge in [-0.3, -0.25) is 14.5 Å². The normalized spacial score (nSPS) is 15.5. The molecule has 2 aromatic rings. The van der Waals surface area contributed by atoms with Crippen molar-refractivity contribution >= 4 is 11.7 Å². The Morgan fingerprint density at radius 3 is 2.52 bits per heavy atom. The van der Waals surface area contributed by atoms with E-state index in [9.17, 15) is 9.59 Å². The van der Waals surface area contributed by atoms with Crippen LogP contribution < -0.4 is 10.1 Å². The smallest absolute Gasteiger partial charge is 0.224 e. The molecule has 29 heavy (non-hydrogen) atoms. The molecule has 3 rings (SSSR count). The van der Waals surface area contributed by atoms with Crippen LogP contribution in [0.2, 0.25) is 0 Å². The fraction of sp³-hybridized carbons (Fsp3) is 0.391. The van der Waals surface area contributed by atoms with Crippen LogP contribution in [0.5, 0.6) is 5.75 Å². The van der Waals surface area contributed by atoms with Crippen LogP contribution in [0, 0.1) is 0 Å². The lowest BCUT2D eigenvalue weighted by Gasteiger charge is -2.35. The molecule has 1 heterocycles. The van der Waals surface area contributed by atoms with Crippen LogP contribution in [0.4, 0.5) is 0 Å². The second kappa shape index (κ2) is 10.2. The Bertz CT molecular complexity index is 832. The molecule has 0 spiro atoms. The van der Waals surface area contributed by atoms with Crippen molar-refractivity contribution in [2.75, 3.05) is 40.0 Å². The Kier molecular flexibility index (Phi) is 7.38. The van der Waals surface area contributed by atoms with Crippen molar-refractivity contribution in [1.29, 1.82) is 0 Å². The number of hydrogen-bond acceptors (Lipinski definition) is 5. The highest BCUT2D eigenvalue weighted by Crippen LogP contribution is 2.23. The summed E-state index contributed by atoms with van der Waals surface area (Å²) >= 11 is 0. The lowest BCUT2D eigenvalue weighted by atomic mass is 10.0. The van der Waals surface area contributed by atoms with Gasteiger partial charge in [0.2, 0.25) is 5.91 Å². The number of ether oxygens (including phenoxy) is 2. The first kappa shape index (κ1) is 21.0. The van der Waals surface area contributed by atoms with Crippen LogP contribution in [0.3, 0.4) is 0 Å². The molecule has 1 fully saturated rings. The van der Waals surface area contributed by atoms with Gasteiger partial charge in [0, 0.05) is 30.8 Å². The first-order valence-corrected chi connectivity index (χ1v) is 9.89. The van der Waals surface area contributed by atoms with Gasteiger partial charge in [-0.1, -0.05) is 30.3 Å². The first-order chi connectivity index (χ1) is 14.1. The number of nitrogens with zero attached hydrogens (tertiary/aromatic N) is 1. The second-order valence-corrected chi connectivity index (χ2v) is 7.14. The third-order valence-electron chi connectivity index (χ3n) is 5.20. The standard InChI is InChI=1S/C23H28N2O4/c1-17(26)19-8-9-22(28-2)20(14-19)15-23(27)24-16-21(18-6-4-3-5-7-18)25-10-12-29-13-11-25/h3-9,14,21H,10-13,15-16H2,1-2H3,(H,24,27). The van der Waals surface area contributed by atoms with Gasteiger partial charge < -0.3 is 14.8 Å². The van der Waals surface area contributed by atoms with E-state index in [-0.39, 0.29) is 24.2 Å². The summed E-state index contributed by atoms with van der Waals surface area (Å²) in [4.78, 5) is 26.7. The average molecular weight is 396 g/mol. The fourth-order valence-electron chi connectivity index (χ4n) is 3.60. The van der Waals surface area contributed by atoms with Crippen molar-refractivity contribution < 1.29 is 19.1 Å². The second-order valence-electron chi connectivity index (χ2n) is 7.14. The van der Waals surface area contributed by atoms with Crippen molar-refractivity contribution in [2.24, 2.45) is 0 Å². The average Bonchev–Trinajstić information content (AvgIpc) is 2.75. The van der Waals surface area contributed by atoms with Gasteiger partial charge in [-0.15, -0.1) is 0 Å². The van der Waals surface area contributed by atoms with E-state index >= 15 is 0 Å². The van der Waals surface area contributed by atoms with E-state index in [4.69, 9.17) is 9.47 Å². The zero-order valence-electron chi connectivity index (χ0n) is 17.0. The largest absolute Gasteiger partial charge is 0.496 e. The van der Waals surface area contributed by atoms with Crippen molar-refractivity contribution in [3.05, 3.63) is 65.2 Å². The molecular formula is C23H28N2O4. The number of amides is 1. The van der Waals surface area contributed by atoms with Crippen LogP contribution >= 0.6 is 0 Å². The molecule has 1 aliphatic heterocycles. The Morgan fingerprint density at radius 2 is 1.86 bits per heavy atom. The van der Waals surface area contributed by atoms with Crippen molar-refractivity contribution in [1.82, 2.24) is 10.2 Å². The van der Waals surface area contributed by atoms with Gasteiger partial charge >= 0.3 is 0 Å². The lowest BCUT2D eigenvalue weighted by Crippen LogP contribution is -2.44. The van der Waals surface area contributed by atoms with Crippen LogP contribution in [0.25, 0.3) is 0 Å². The molecular weight excluding hydrogens is 368 g/mol. The number of carbonyl (C=O) groups excluding carboxylic acids is 2. The zero-order valence-corrected chi connectivity index (χ0v) is 17.0. The predicted octanol–water partition coefficient (Wildman–Crippen LogP) is 2.63. The van der Waals surface area contributed by atoms with Gasteiger partial charge in [0.15, 0.2) is 5.78 Å². The molecule has 2 aromatic carbocycles. The van der Waals surface area contributed by atoms with Crippen molar-refractivity contribution in [2.45, 2.75) is 19.4 Å². The molecule has 0 radical (unpaired) electrons. The minimum atomic E-state index is -0.0989. The molecule has 1 amide bonds. The van der Waals surface area contributed by atoms with Gasteiger partial charge in [-0.05, 0) is 30.7 Å². The minimum absolute atomic E-state index is 0.0363. The Hall–Kier alpha value is -2.70. The number of nitrogens with one attached hydrogen (secondary N) is 1. The van der Waals surface area contributed by atoms with Crippen molar-refractivity contribution in [3.8, 4) is 5.75 Å². The number of carbonyl (C=O) groups is 2. The van der Waals surface area contributed by atoms with Gasteiger partial charge in [0.1, 0.15) is 5.75 Å². The Balaban J connectivity index is 1.69. The molecule has 1 saturated heterocycles. The summed E-state index contributed by atoms with van der Waals surface area (Å²) in [7, 11) is 1.56. The molecule has 1 atom stereocenters.